The smallest absolute Gasteiger partial charge is 0.426 e. The van der Waals surface area contributed by atoms with Crippen LogP contribution in [0.3, 0.4) is 0 Å². The summed E-state index contributed by atoms with van der Waals surface area (Å²) in [5, 5.41) is 24.7. The van der Waals surface area contributed by atoms with Gasteiger partial charge in [-0.3, -0.25) is 0 Å². The van der Waals surface area contributed by atoms with Gasteiger partial charge in [-0.1, -0.05) is 11.6 Å². The summed E-state index contributed by atoms with van der Waals surface area (Å²) in [5.74, 6) is -0.368. The van der Waals surface area contributed by atoms with Crippen LogP contribution in [-0.2, 0) is 5.60 Å². The van der Waals surface area contributed by atoms with Crippen LogP contribution in [0.2, 0.25) is 5.02 Å². The molecule has 0 saturated carbocycles. The molecule has 2 N–H and O–H groups in total. The molecule has 0 fully saturated rings. The Hall–Kier alpha value is -1.99. The maximum Gasteiger partial charge on any atom is 0.426 e. The first-order chi connectivity index (χ1) is 9.75. The highest BCUT2D eigenvalue weighted by molar-refractivity contribution is 6.30. The van der Waals surface area contributed by atoms with Crippen molar-refractivity contribution in [2.75, 3.05) is 5.32 Å². The number of benzene rings is 1. The molecule has 1 unspecified atom stereocenters. The molecule has 0 amide bonds. The summed E-state index contributed by atoms with van der Waals surface area (Å²) < 4.78 is 40.8. The number of halogens is 4. The molecule has 0 bridgehead atoms. The Balaban J connectivity index is 2.39. The molecule has 110 valence electrons. The average molecular weight is 317 g/mol. The van der Waals surface area contributed by atoms with Crippen LogP contribution in [-0.4, -0.2) is 11.3 Å². The van der Waals surface area contributed by atoms with Crippen LogP contribution < -0.4 is 10.0 Å². The Kier molecular flexibility index (Phi) is 2.83. The van der Waals surface area contributed by atoms with Crippen molar-refractivity contribution < 1.29 is 23.0 Å². The van der Waals surface area contributed by atoms with E-state index in [1.54, 1.807) is 0 Å². The summed E-state index contributed by atoms with van der Waals surface area (Å²) in [6.45, 7) is 0. The van der Waals surface area contributed by atoms with E-state index in [0.29, 0.717) is 0 Å². The van der Waals surface area contributed by atoms with Crippen LogP contribution in [0.25, 0.3) is 0 Å². The SMILES string of the molecule is [O-][n+]1cccc2c1Nc1ccc(Cl)cc1C2(O)C(F)(F)F. The number of aromatic nitrogens is 1. The van der Waals surface area contributed by atoms with Crippen LogP contribution in [0.1, 0.15) is 11.1 Å². The van der Waals surface area contributed by atoms with Crippen molar-refractivity contribution in [2.45, 2.75) is 11.8 Å². The normalized spacial score (nSPS) is 20.4. The Morgan fingerprint density at radius 2 is 1.95 bits per heavy atom. The highest BCUT2D eigenvalue weighted by Gasteiger charge is 2.61. The van der Waals surface area contributed by atoms with Crippen LogP contribution in [0.4, 0.5) is 24.7 Å². The van der Waals surface area contributed by atoms with Gasteiger partial charge in [0, 0.05) is 10.6 Å². The van der Waals surface area contributed by atoms with Crippen molar-refractivity contribution >= 4 is 23.1 Å². The molecular weight excluding hydrogens is 309 g/mol. The van der Waals surface area contributed by atoms with E-state index in [9.17, 15) is 23.5 Å². The van der Waals surface area contributed by atoms with Gasteiger partial charge < -0.3 is 10.3 Å². The van der Waals surface area contributed by atoms with Crippen molar-refractivity contribution in [1.82, 2.24) is 0 Å². The number of nitrogens with one attached hydrogen (secondary N) is 1. The fourth-order valence-electron chi connectivity index (χ4n) is 2.41. The second-order valence-electron chi connectivity index (χ2n) is 4.62. The number of nitrogens with zero attached hydrogens (tertiary/aromatic N) is 1. The van der Waals surface area contributed by atoms with Crippen molar-refractivity contribution in [3.63, 3.8) is 0 Å². The number of fused-ring (bicyclic) bond motifs is 2. The van der Waals surface area contributed by atoms with Gasteiger partial charge in [0.15, 0.2) is 0 Å². The summed E-state index contributed by atoms with van der Waals surface area (Å²) >= 11 is 5.74. The molecule has 4 nitrogen and oxygen atoms in total. The molecule has 8 heteroatoms. The molecule has 1 aliphatic rings. The van der Waals surface area contributed by atoms with Gasteiger partial charge in [-0.2, -0.15) is 13.2 Å². The van der Waals surface area contributed by atoms with Gasteiger partial charge in [-0.05, 0) is 30.3 Å². The highest BCUT2D eigenvalue weighted by atomic mass is 35.5. The number of pyridine rings is 1. The maximum atomic E-state index is 13.5. The van der Waals surface area contributed by atoms with Crippen LogP contribution >= 0.6 is 11.6 Å². The van der Waals surface area contributed by atoms with Gasteiger partial charge in [0.25, 0.3) is 5.82 Å². The number of alkyl halides is 3. The molecule has 0 saturated heterocycles. The number of aliphatic hydroxyl groups is 1. The zero-order valence-electron chi connectivity index (χ0n) is 10.3. The van der Waals surface area contributed by atoms with Crippen molar-refractivity contribution in [1.29, 1.82) is 0 Å². The molecule has 1 aliphatic heterocycles. The summed E-state index contributed by atoms with van der Waals surface area (Å²) in [6, 6.07) is 5.87. The van der Waals surface area contributed by atoms with Gasteiger partial charge >= 0.3 is 6.18 Å². The number of rotatable bonds is 0. The van der Waals surface area contributed by atoms with Crippen LogP contribution in [0.5, 0.6) is 0 Å². The predicted molar refractivity (Wildman–Crippen MR) is 69.2 cm³/mol. The van der Waals surface area contributed by atoms with Crippen molar-refractivity contribution in [3.05, 3.63) is 57.9 Å². The van der Waals surface area contributed by atoms with Gasteiger partial charge in [0.1, 0.15) is 5.69 Å². The Labute approximate surface area is 122 Å². The topological polar surface area (TPSA) is 59.2 Å². The molecule has 1 aromatic heterocycles. The van der Waals surface area contributed by atoms with E-state index in [1.807, 2.05) is 0 Å². The second-order valence-corrected chi connectivity index (χ2v) is 5.06. The lowest BCUT2D eigenvalue weighted by Crippen LogP contribution is -2.48. The fourth-order valence-corrected chi connectivity index (χ4v) is 2.58. The van der Waals surface area contributed by atoms with Gasteiger partial charge in [0.2, 0.25) is 5.60 Å². The third-order valence-corrected chi connectivity index (χ3v) is 3.62. The molecule has 3 rings (SSSR count). The molecule has 0 radical (unpaired) electrons. The zero-order chi connectivity index (χ0) is 15.4. The summed E-state index contributed by atoms with van der Waals surface area (Å²) in [5.41, 5.74) is -4.34. The first-order valence-corrected chi connectivity index (χ1v) is 6.22. The van der Waals surface area contributed by atoms with Crippen LogP contribution in [0.15, 0.2) is 36.5 Å². The average Bonchev–Trinajstić information content (AvgIpc) is 2.40. The summed E-state index contributed by atoms with van der Waals surface area (Å²) in [7, 11) is 0. The first kappa shape index (κ1) is 14.0. The zero-order valence-corrected chi connectivity index (χ0v) is 11.0. The van der Waals surface area contributed by atoms with E-state index in [4.69, 9.17) is 11.6 Å². The highest BCUT2D eigenvalue weighted by Crippen LogP contribution is 2.51. The van der Waals surface area contributed by atoms with Crippen LogP contribution in [0, 0.1) is 5.21 Å². The largest absolute Gasteiger partial charge is 0.711 e. The molecule has 2 heterocycles. The monoisotopic (exact) mass is 316 g/mol. The quantitative estimate of drug-likeness (QED) is 0.580. The molecular formula is C13H8ClF3N2O2. The minimum atomic E-state index is -5.02. The molecule has 1 aromatic carbocycles. The van der Waals surface area contributed by atoms with E-state index in [2.05, 4.69) is 5.32 Å². The fraction of sp³-hybridized carbons (Fsp3) is 0.154. The van der Waals surface area contributed by atoms with E-state index in [0.717, 1.165) is 24.4 Å². The standard InChI is InChI=1S/C13H8ClF3N2O2/c14-7-3-4-10-9(6-7)12(20,13(15,16)17)8-2-1-5-19(21)11(8)18-10/h1-6,18,20H. The molecule has 0 aliphatic carbocycles. The minimum Gasteiger partial charge on any atom is -0.711 e. The molecule has 0 spiro atoms. The van der Waals surface area contributed by atoms with E-state index in [1.165, 1.54) is 12.1 Å². The van der Waals surface area contributed by atoms with Crippen molar-refractivity contribution in [2.24, 2.45) is 0 Å². The van der Waals surface area contributed by atoms with Gasteiger partial charge in [-0.25, -0.2) is 10.0 Å². The third kappa shape index (κ3) is 1.85. The van der Waals surface area contributed by atoms with E-state index in [-0.39, 0.29) is 21.3 Å². The lowest BCUT2D eigenvalue weighted by Gasteiger charge is -2.35. The van der Waals surface area contributed by atoms with Gasteiger partial charge in [-0.15, -0.1) is 0 Å². The lowest BCUT2D eigenvalue weighted by molar-refractivity contribution is -0.591. The third-order valence-electron chi connectivity index (χ3n) is 3.38. The molecule has 2 aromatic rings. The second kappa shape index (κ2) is 4.25. The molecule has 1 atom stereocenters. The van der Waals surface area contributed by atoms with Gasteiger partial charge in [0.05, 0.1) is 11.8 Å². The Morgan fingerprint density at radius 1 is 1.24 bits per heavy atom. The Morgan fingerprint density at radius 3 is 2.62 bits per heavy atom. The summed E-state index contributed by atoms with van der Waals surface area (Å²) in [6.07, 6.45) is -3.97. The maximum absolute atomic E-state index is 13.5. The predicted octanol–water partition coefficient (Wildman–Crippen LogP) is 2.83. The Bertz CT molecular complexity index is 732. The first-order valence-electron chi connectivity index (χ1n) is 5.84. The van der Waals surface area contributed by atoms with E-state index < -0.39 is 22.9 Å². The van der Waals surface area contributed by atoms with E-state index >= 15 is 0 Å². The molecule has 21 heavy (non-hydrogen) atoms. The number of hydrogen-bond acceptors (Lipinski definition) is 3. The lowest BCUT2D eigenvalue weighted by atomic mass is 9.82. The summed E-state index contributed by atoms with van der Waals surface area (Å²) in [4.78, 5) is 0. The number of hydrogen-bond donors (Lipinski definition) is 2. The minimum absolute atomic E-state index is 0.0254. The number of anilines is 2. The van der Waals surface area contributed by atoms with Crippen molar-refractivity contribution in [3.8, 4) is 0 Å².